The third-order valence-electron chi connectivity index (χ3n) is 4.40. The fourth-order valence-electron chi connectivity index (χ4n) is 2.84. The zero-order valence-corrected chi connectivity index (χ0v) is 17.9. The topological polar surface area (TPSA) is 87.5 Å². The van der Waals surface area contributed by atoms with Crippen LogP contribution in [0.15, 0.2) is 53.9 Å². The molecule has 3 rings (SSSR count). The van der Waals surface area contributed by atoms with Crippen LogP contribution in [0.1, 0.15) is 5.56 Å². The SMILES string of the molecule is COc1ccc(-n2cnnc2SCC(=O)NCCc2cc(OC)ccc2OC)cc1. The fraction of sp³-hybridized carbons (Fsp3) is 0.286. The van der Waals surface area contributed by atoms with Crippen molar-refractivity contribution < 1.29 is 19.0 Å². The average molecular weight is 429 g/mol. The molecule has 158 valence electrons. The molecule has 0 radical (unpaired) electrons. The van der Waals surface area contributed by atoms with E-state index in [4.69, 9.17) is 14.2 Å². The van der Waals surface area contributed by atoms with E-state index in [1.165, 1.54) is 11.8 Å². The van der Waals surface area contributed by atoms with Crippen LogP contribution < -0.4 is 19.5 Å². The van der Waals surface area contributed by atoms with Gasteiger partial charge in [-0.05, 0) is 54.4 Å². The summed E-state index contributed by atoms with van der Waals surface area (Å²) in [6.07, 6.45) is 2.26. The van der Waals surface area contributed by atoms with E-state index in [0.29, 0.717) is 18.1 Å². The van der Waals surface area contributed by atoms with Gasteiger partial charge < -0.3 is 19.5 Å². The molecule has 0 aliphatic heterocycles. The molecule has 0 aliphatic carbocycles. The van der Waals surface area contributed by atoms with Gasteiger partial charge in [0.2, 0.25) is 5.91 Å². The second-order valence-electron chi connectivity index (χ2n) is 6.25. The summed E-state index contributed by atoms with van der Waals surface area (Å²) in [6.45, 7) is 0.494. The first-order valence-corrected chi connectivity index (χ1v) is 10.3. The summed E-state index contributed by atoms with van der Waals surface area (Å²) in [6, 6.07) is 13.2. The van der Waals surface area contributed by atoms with Crippen LogP contribution in [-0.2, 0) is 11.2 Å². The third-order valence-corrected chi connectivity index (χ3v) is 5.35. The van der Waals surface area contributed by atoms with E-state index in [0.717, 1.165) is 28.5 Å². The number of thioether (sulfide) groups is 1. The Balaban J connectivity index is 1.52. The van der Waals surface area contributed by atoms with E-state index in [1.54, 1.807) is 27.7 Å². The minimum Gasteiger partial charge on any atom is -0.497 e. The first-order valence-electron chi connectivity index (χ1n) is 9.29. The zero-order chi connectivity index (χ0) is 21.3. The molecule has 3 aromatic rings. The van der Waals surface area contributed by atoms with Crippen molar-refractivity contribution in [2.75, 3.05) is 33.6 Å². The first-order chi connectivity index (χ1) is 14.6. The molecule has 30 heavy (non-hydrogen) atoms. The lowest BCUT2D eigenvalue weighted by Gasteiger charge is -2.11. The lowest BCUT2D eigenvalue weighted by Crippen LogP contribution is -2.27. The molecule has 0 bridgehead atoms. The minimum absolute atomic E-state index is 0.0776. The highest BCUT2D eigenvalue weighted by molar-refractivity contribution is 7.99. The molecule has 0 saturated carbocycles. The summed E-state index contributed by atoms with van der Waals surface area (Å²) in [5.74, 6) is 2.46. The van der Waals surface area contributed by atoms with Crippen LogP contribution in [0.2, 0.25) is 0 Å². The molecule has 8 nitrogen and oxygen atoms in total. The highest BCUT2D eigenvalue weighted by Gasteiger charge is 2.11. The van der Waals surface area contributed by atoms with E-state index in [1.807, 2.05) is 47.0 Å². The molecule has 9 heteroatoms. The number of benzene rings is 2. The van der Waals surface area contributed by atoms with Crippen molar-refractivity contribution in [2.45, 2.75) is 11.6 Å². The molecular formula is C21H24N4O4S. The molecule has 0 spiro atoms. The summed E-state index contributed by atoms with van der Waals surface area (Å²) >= 11 is 1.33. The van der Waals surface area contributed by atoms with Gasteiger partial charge in [-0.3, -0.25) is 9.36 Å². The summed E-state index contributed by atoms with van der Waals surface area (Å²) in [4.78, 5) is 12.3. The van der Waals surface area contributed by atoms with Crippen LogP contribution in [0.25, 0.3) is 5.69 Å². The van der Waals surface area contributed by atoms with Gasteiger partial charge in [-0.1, -0.05) is 11.8 Å². The molecule has 0 fully saturated rings. The van der Waals surface area contributed by atoms with E-state index in [2.05, 4.69) is 15.5 Å². The highest BCUT2D eigenvalue weighted by Crippen LogP contribution is 2.24. The Labute approximate surface area is 179 Å². The second-order valence-corrected chi connectivity index (χ2v) is 7.19. The monoisotopic (exact) mass is 428 g/mol. The number of nitrogens with one attached hydrogen (secondary N) is 1. The molecule has 0 aliphatic rings. The summed E-state index contributed by atoms with van der Waals surface area (Å²) in [7, 11) is 4.87. The number of rotatable bonds is 10. The number of carbonyl (C=O) groups excluding carboxylic acids is 1. The van der Waals surface area contributed by atoms with Gasteiger partial charge in [0.25, 0.3) is 0 Å². The van der Waals surface area contributed by atoms with Crippen LogP contribution in [0.3, 0.4) is 0 Å². The number of aromatic nitrogens is 3. The second kappa shape index (κ2) is 10.5. The van der Waals surface area contributed by atoms with Crippen molar-refractivity contribution in [3.8, 4) is 22.9 Å². The number of methoxy groups -OCH3 is 3. The largest absolute Gasteiger partial charge is 0.497 e. The predicted molar refractivity (Wildman–Crippen MR) is 115 cm³/mol. The van der Waals surface area contributed by atoms with Gasteiger partial charge in [0.1, 0.15) is 23.6 Å². The summed E-state index contributed by atoms with van der Waals surface area (Å²) in [5, 5.41) is 11.6. The van der Waals surface area contributed by atoms with Gasteiger partial charge in [-0.15, -0.1) is 10.2 Å². The lowest BCUT2D eigenvalue weighted by molar-refractivity contribution is -0.118. The Morgan fingerprint density at radius 2 is 1.77 bits per heavy atom. The number of nitrogens with zero attached hydrogens (tertiary/aromatic N) is 3. The van der Waals surface area contributed by atoms with Gasteiger partial charge in [-0.25, -0.2) is 0 Å². The Bertz CT molecular complexity index is 975. The minimum atomic E-state index is -0.0776. The zero-order valence-electron chi connectivity index (χ0n) is 17.1. The standard InChI is InChI=1S/C21H24N4O4S/c1-27-17-6-4-16(5-7-17)25-14-23-24-21(25)30-13-20(26)22-11-10-15-12-18(28-2)8-9-19(15)29-3/h4-9,12,14H,10-11,13H2,1-3H3,(H,22,26). The molecule has 0 unspecified atom stereocenters. The Kier molecular flexibility index (Phi) is 7.56. The van der Waals surface area contributed by atoms with Crippen LogP contribution in [-0.4, -0.2) is 54.3 Å². The Morgan fingerprint density at radius 1 is 1.03 bits per heavy atom. The van der Waals surface area contributed by atoms with Crippen LogP contribution in [0.5, 0.6) is 17.2 Å². The summed E-state index contributed by atoms with van der Waals surface area (Å²) < 4.78 is 17.6. The number of amides is 1. The maximum Gasteiger partial charge on any atom is 0.230 e. The summed E-state index contributed by atoms with van der Waals surface area (Å²) in [5.41, 5.74) is 1.87. The van der Waals surface area contributed by atoms with Crippen molar-refractivity contribution in [3.63, 3.8) is 0 Å². The fourth-order valence-corrected chi connectivity index (χ4v) is 3.60. The van der Waals surface area contributed by atoms with Crippen LogP contribution in [0, 0.1) is 0 Å². The van der Waals surface area contributed by atoms with E-state index < -0.39 is 0 Å². The third kappa shape index (κ3) is 5.44. The smallest absolute Gasteiger partial charge is 0.230 e. The maximum absolute atomic E-state index is 12.3. The van der Waals surface area contributed by atoms with Crippen molar-refractivity contribution in [1.29, 1.82) is 0 Å². The van der Waals surface area contributed by atoms with Crippen molar-refractivity contribution in [2.24, 2.45) is 0 Å². The molecule has 0 atom stereocenters. The Hall–Kier alpha value is -3.20. The normalized spacial score (nSPS) is 10.5. The van der Waals surface area contributed by atoms with Gasteiger partial charge in [0, 0.05) is 12.2 Å². The first kappa shape index (κ1) is 21.5. The number of hydrogen-bond donors (Lipinski definition) is 1. The van der Waals surface area contributed by atoms with E-state index >= 15 is 0 Å². The van der Waals surface area contributed by atoms with Crippen LogP contribution >= 0.6 is 11.8 Å². The molecular weight excluding hydrogens is 404 g/mol. The number of carbonyl (C=O) groups is 1. The van der Waals surface area contributed by atoms with Crippen molar-refractivity contribution in [1.82, 2.24) is 20.1 Å². The van der Waals surface area contributed by atoms with Crippen LogP contribution in [0.4, 0.5) is 0 Å². The van der Waals surface area contributed by atoms with E-state index in [9.17, 15) is 4.79 Å². The number of ether oxygens (including phenoxy) is 3. The predicted octanol–water partition coefficient (Wildman–Crippen LogP) is 2.74. The van der Waals surface area contributed by atoms with E-state index in [-0.39, 0.29) is 11.7 Å². The van der Waals surface area contributed by atoms with Gasteiger partial charge >= 0.3 is 0 Å². The molecule has 2 aromatic carbocycles. The molecule has 0 saturated heterocycles. The van der Waals surface area contributed by atoms with Crippen molar-refractivity contribution in [3.05, 3.63) is 54.4 Å². The molecule has 1 aromatic heterocycles. The van der Waals surface area contributed by atoms with Crippen molar-refractivity contribution >= 4 is 17.7 Å². The quantitative estimate of drug-likeness (QED) is 0.497. The lowest BCUT2D eigenvalue weighted by atomic mass is 10.1. The average Bonchev–Trinajstić information content (AvgIpc) is 3.26. The molecule has 1 amide bonds. The Morgan fingerprint density at radius 3 is 2.47 bits per heavy atom. The van der Waals surface area contributed by atoms with Gasteiger partial charge in [0.05, 0.1) is 27.1 Å². The molecule has 1 heterocycles. The number of hydrogen-bond acceptors (Lipinski definition) is 7. The molecule has 1 N–H and O–H groups in total. The maximum atomic E-state index is 12.3. The van der Waals surface area contributed by atoms with Gasteiger partial charge in [-0.2, -0.15) is 0 Å². The van der Waals surface area contributed by atoms with Gasteiger partial charge in [0.15, 0.2) is 5.16 Å². The highest BCUT2D eigenvalue weighted by atomic mass is 32.2.